The minimum absolute atomic E-state index is 0.145. The van der Waals surface area contributed by atoms with Crippen LogP contribution in [-0.2, 0) is 16.3 Å². The lowest BCUT2D eigenvalue weighted by molar-refractivity contribution is 0.412. The maximum absolute atomic E-state index is 13.7. The van der Waals surface area contributed by atoms with Gasteiger partial charge in [0.1, 0.15) is 5.82 Å². The Kier molecular flexibility index (Phi) is 8.07. The van der Waals surface area contributed by atoms with Gasteiger partial charge in [-0.1, -0.05) is 43.7 Å². The number of unbranched alkanes of at least 4 members (excludes halogenated alkanes) is 1. The Morgan fingerprint density at radius 3 is 2.54 bits per heavy atom. The van der Waals surface area contributed by atoms with Gasteiger partial charge in [0.15, 0.2) is 4.90 Å². The van der Waals surface area contributed by atoms with Gasteiger partial charge in [0.25, 0.3) is 5.56 Å². The van der Waals surface area contributed by atoms with Gasteiger partial charge in [0.05, 0.1) is 22.2 Å². The third-order valence-corrected chi connectivity index (χ3v) is 8.21. The van der Waals surface area contributed by atoms with Crippen LogP contribution in [0.25, 0.3) is 16.8 Å². The number of aromatic nitrogens is 3. The molecule has 2 aromatic heterocycles. The molecule has 9 heteroatoms. The highest BCUT2D eigenvalue weighted by atomic mass is 32.2. The average molecular weight is 541 g/mol. The van der Waals surface area contributed by atoms with Gasteiger partial charge in [-0.05, 0) is 72.9 Å². The van der Waals surface area contributed by atoms with Crippen molar-refractivity contribution >= 4 is 15.5 Å². The molecule has 2 aromatic carbocycles. The van der Waals surface area contributed by atoms with Crippen molar-refractivity contribution in [3.05, 3.63) is 106 Å². The largest absolute Gasteiger partial charge is 0.493 e. The van der Waals surface area contributed by atoms with Gasteiger partial charge < -0.3 is 5.11 Å². The van der Waals surface area contributed by atoms with Gasteiger partial charge in [-0.2, -0.15) is 10.2 Å². The monoisotopic (exact) mass is 540 g/mol. The summed E-state index contributed by atoms with van der Waals surface area (Å²) in [5, 5.41) is 20.8. The molecule has 0 spiro atoms. The van der Waals surface area contributed by atoms with Crippen molar-refractivity contribution < 1.29 is 13.5 Å². The molecular weight excluding hydrogens is 512 g/mol. The standard InChI is InChI=1S/C30H28N4O4S/c1-4-6-10-27-33-29(35)28(30(36)34(27)26(5-2)23-9-7-8-21(17-23)18-31)39(37,38)24-13-11-22(12-14-24)25-15-16-32-19-20(25)3/h5,7-9,11-17,19,36H,4,6,10H2,1-3H3/b26-5-. The molecule has 8 nitrogen and oxygen atoms in total. The lowest BCUT2D eigenvalue weighted by Crippen LogP contribution is -2.25. The molecule has 0 atom stereocenters. The van der Waals surface area contributed by atoms with Crippen LogP contribution in [0.3, 0.4) is 0 Å². The fourth-order valence-corrected chi connectivity index (χ4v) is 5.77. The number of hydrogen-bond acceptors (Lipinski definition) is 7. The molecule has 0 aliphatic heterocycles. The lowest BCUT2D eigenvalue weighted by Gasteiger charge is -2.20. The number of nitriles is 1. The molecule has 0 saturated heterocycles. The first-order chi connectivity index (χ1) is 18.7. The average Bonchev–Trinajstić information content (AvgIpc) is 2.94. The molecule has 1 N–H and O–H groups in total. The molecule has 0 amide bonds. The van der Waals surface area contributed by atoms with Crippen LogP contribution in [0.1, 0.15) is 49.2 Å². The summed E-state index contributed by atoms with van der Waals surface area (Å²) in [5.41, 5.74) is 2.96. The summed E-state index contributed by atoms with van der Waals surface area (Å²) in [4.78, 5) is 20.4. The molecule has 0 unspecified atom stereocenters. The highest BCUT2D eigenvalue weighted by Crippen LogP contribution is 2.32. The first-order valence-corrected chi connectivity index (χ1v) is 14.0. The summed E-state index contributed by atoms with van der Waals surface area (Å²) in [7, 11) is -4.44. The number of nitrogens with zero attached hydrogens (tertiary/aromatic N) is 4. The van der Waals surface area contributed by atoms with E-state index in [1.54, 1.807) is 61.8 Å². The Morgan fingerprint density at radius 1 is 1.15 bits per heavy atom. The van der Waals surface area contributed by atoms with Crippen LogP contribution in [0.2, 0.25) is 0 Å². The first-order valence-electron chi connectivity index (χ1n) is 12.5. The van der Waals surface area contributed by atoms with Gasteiger partial charge in [0.2, 0.25) is 15.7 Å². The van der Waals surface area contributed by atoms with Crippen LogP contribution >= 0.6 is 0 Å². The second-order valence-corrected chi connectivity index (χ2v) is 10.9. The molecule has 0 fully saturated rings. The molecule has 4 rings (SSSR count). The smallest absolute Gasteiger partial charge is 0.296 e. The zero-order valence-corrected chi connectivity index (χ0v) is 22.7. The maximum atomic E-state index is 13.7. The quantitative estimate of drug-likeness (QED) is 0.322. The Balaban J connectivity index is 1.90. The van der Waals surface area contributed by atoms with Crippen LogP contribution < -0.4 is 5.56 Å². The van der Waals surface area contributed by atoms with Gasteiger partial charge in [-0.15, -0.1) is 0 Å². The van der Waals surface area contributed by atoms with Crippen molar-refractivity contribution in [1.82, 2.24) is 14.5 Å². The summed E-state index contributed by atoms with van der Waals surface area (Å²) in [6.45, 7) is 5.61. The second-order valence-electron chi connectivity index (χ2n) is 9.01. The summed E-state index contributed by atoms with van der Waals surface area (Å²) in [6, 6.07) is 16.7. The molecule has 198 valence electrons. The Morgan fingerprint density at radius 2 is 1.90 bits per heavy atom. The predicted molar refractivity (Wildman–Crippen MR) is 149 cm³/mol. The van der Waals surface area contributed by atoms with Crippen LogP contribution in [-0.4, -0.2) is 28.1 Å². The van der Waals surface area contributed by atoms with E-state index in [1.165, 1.54) is 16.7 Å². The number of allylic oxidation sites excluding steroid dienone is 1. The normalized spacial score (nSPS) is 11.8. The number of benzene rings is 2. The van der Waals surface area contributed by atoms with Crippen molar-refractivity contribution in [2.75, 3.05) is 0 Å². The lowest BCUT2D eigenvalue weighted by atomic mass is 10.0. The second kappa shape index (κ2) is 11.5. The molecule has 4 aromatic rings. The van der Waals surface area contributed by atoms with Crippen molar-refractivity contribution in [2.45, 2.75) is 49.8 Å². The highest BCUT2D eigenvalue weighted by Gasteiger charge is 2.30. The molecule has 2 heterocycles. The van der Waals surface area contributed by atoms with Crippen LogP contribution in [0.15, 0.2) is 87.7 Å². The van der Waals surface area contributed by atoms with Gasteiger partial charge in [0, 0.05) is 18.8 Å². The van der Waals surface area contributed by atoms with Crippen LogP contribution in [0.5, 0.6) is 5.88 Å². The Bertz CT molecular complexity index is 1770. The van der Waals surface area contributed by atoms with E-state index in [0.717, 1.165) is 23.1 Å². The van der Waals surface area contributed by atoms with Crippen molar-refractivity contribution in [1.29, 1.82) is 5.26 Å². The van der Waals surface area contributed by atoms with Gasteiger partial charge in [-0.3, -0.25) is 14.3 Å². The molecule has 39 heavy (non-hydrogen) atoms. The van der Waals surface area contributed by atoms with Crippen molar-refractivity contribution in [3.8, 4) is 23.1 Å². The van der Waals surface area contributed by atoms with Gasteiger partial charge >= 0.3 is 0 Å². The molecule has 0 aliphatic rings. The maximum Gasteiger partial charge on any atom is 0.296 e. The fraction of sp³-hybridized carbons (Fsp3) is 0.200. The fourth-order valence-electron chi connectivity index (χ4n) is 4.43. The minimum atomic E-state index is -4.44. The molecule has 0 bridgehead atoms. The molecule has 0 saturated carbocycles. The number of pyridine rings is 1. The third-order valence-electron chi connectivity index (χ3n) is 6.42. The van der Waals surface area contributed by atoms with E-state index < -0.39 is 26.2 Å². The summed E-state index contributed by atoms with van der Waals surface area (Å²) >= 11 is 0. The number of sulfone groups is 1. The molecular formula is C30H28N4O4S. The Hall–Kier alpha value is -4.55. The highest BCUT2D eigenvalue weighted by molar-refractivity contribution is 7.91. The zero-order valence-electron chi connectivity index (χ0n) is 21.9. The van der Waals surface area contributed by atoms with E-state index in [1.807, 2.05) is 19.9 Å². The first kappa shape index (κ1) is 27.5. The van der Waals surface area contributed by atoms with Crippen molar-refractivity contribution in [2.24, 2.45) is 0 Å². The summed E-state index contributed by atoms with van der Waals surface area (Å²) in [6.07, 6.45) is 6.87. The minimum Gasteiger partial charge on any atom is -0.493 e. The number of hydrogen-bond donors (Lipinski definition) is 1. The molecule has 0 aliphatic carbocycles. The van der Waals surface area contributed by atoms with E-state index >= 15 is 0 Å². The predicted octanol–water partition coefficient (Wildman–Crippen LogP) is 5.28. The van der Waals surface area contributed by atoms with E-state index in [9.17, 15) is 23.6 Å². The summed E-state index contributed by atoms with van der Waals surface area (Å²) < 4.78 is 28.8. The SMILES string of the molecule is C/C=C(/c1cccc(C#N)c1)n1c(CCCC)nc(=O)c(S(=O)(=O)c2ccc(-c3ccncc3C)cc2)c1O. The van der Waals surface area contributed by atoms with Crippen LogP contribution in [0, 0.1) is 18.3 Å². The zero-order chi connectivity index (χ0) is 28.2. The summed E-state index contributed by atoms with van der Waals surface area (Å²) in [5.74, 6) is -0.483. The van der Waals surface area contributed by atoms with E-state index in [-0.39, 0.29) is 10.7 Å². The Labute approximate surface area is 227 Å². The van der Waals surface area contributed by atoms with Gasteiger partial charge in [-0.25, -0.2) is 8.42 Å². The van der Waals surface area contributed by atoms with Crippen LogP contribution in [0.4, 0.5) is 0 Å². The van der Waals surface area contributed by atoms with E-state index in [4.69, 9.17) is 0 Å². The topological polar surface area (TPSA) is 126 Å². The van der Waals surface area contributed by atoms with E-state index in [2.05, 4.69) is 16.0 Å². The van der Waals surface area contributed by atoms with E-state index in [0.29, 0.717) is 29.7 Å². The number of rotatable bonds is 8. The third kappa shape index (κ3) is 5.38. The number of aryl methyl sites for hydroxylation is 2. The molecule has 0 radical (unpaired) electrons. The van der Waals surface area contributed by atoms with Crippen molar-refractivity contribution in [3.63, 3.8) is 0 Å². The number of aromatic hydroxyl groups is 1.